The SMILES string of the molecule is N#CCc1ccc(-c2ccccc2Cl)c(F)c1. The molecule has 0 radical (unpaired) electrons. The first-order chi connectivity index (χ1) is 8.22. The van der Waals surface area contributed by atoms with Gasteiger partial charge in [-0.1, -0.05) is 41.9 Å². The van der Waals surface area contributed by atoms with Crippen LogP contribution in [0.5, 0.6) is 0 Å². The van der Waals surface area contributed by atoms with Crippen molar-refractivity contribution in [2.75, 3.05) is 0 Å². The van der Waals surface area contributed by atoms with Gasteiger partial charge in [-0.25, -0.2) is 4.39 Å². The molecule has 0 fully saturated rings. The maximum atomic E-state index is 13.9. The minimum atomic E-state index is -0.356. The van der Waals surface area contributed by atoms with Crippen LogP contribution in [0.2, 0.25) is 5.02 Å². The summed E-state index contributed by atoms with van der Waals surface area (Å²) in [7, 11) is 0. The lowest BCUT2D eigenvalue weighted by Crippen LogP contribution is -1.89. The molecule has 0 aliphatic carbocycles. The van der Waals surface area contributed by atoms with Gasteiger partial charge in [0, 0.05) is 16.1 Å². The highest BCUT2D eigenvalue weighted by molar-refractivity contribution is 6.33. The molecule has 1 nitrogen and oxygen atoms in total. The van der Waals surface area contributed by atoms with Gasteiger partial charge in [0.1, 0.15) is 5.82 Å². The Balaban J connectivity index is 2.48. The van der Waals surface area contributed by atoms with Crippen LogP contribution in [0.25, 0.3) is 11.1 Å². The average molecular weight is 246 g/mol. The van der Waals surface area contributed by atoms with Crippen molar-refractivity contribution in [3.05, 3.63) is 58.9 Å². The summed E-state index contributed by atoms with van der Waals surface area (Å²) in [6, 6.07) is 13.9. The van der Waals surface area contributed by atoms with Crippen molar-refractivity contribution in [3.63, 3.8) is 0 Å². The fourth-order valence-electron chi connectivity index (χ4n) is 1.66. The summed E-state index contributed by atoms with van der Waals surface area (Å²) in [6.45, 7) is 0. The van der Waals surface area contributed by atoms with E-state index in [9.17, 15) is 4.39 Å². The number of halogens is 2. The molecular formula is C14H9ClFN. The van der Waals surface area contributed by atoms with E-state index in [4.69, 9.17) is 16.9 Å². The van der Waals surface area contributed by atoms with Crippen LogP contribution >= 0.6 is 11.6 Å². The highest BCUT2D eigenvalue weighted by Crippen LogP contribution is 2.29. The van der Waals surface area contributed by atoms with Gasteiger partial charge >= 0.3 is 0 Å². The van der Waals surface area contributed by atoms with E-state index in [1.807, 2.05) is 12.1 Å². The normalized spacial score (nSPS) is 9.94. The Bertz CT molecular complexity index is 587. The van der Waals surface area contributed by atoms with E-state index in [-0.39, 0.29) is 12.2 Å². The third-order valence-electron chi connectivity index (χ3n) is 2.48. The smallest absolute Gasteiger partial charge is 0.131 e. The van der Waals surface area contributed by atoms with Gasteiger partial charge in [-0.05, 0) is 17.7 Å². The van der Waals surface area contributed by atoms with E-state index < -0.39 is 0 Å². The lowest BCUT2D eigenvalue weighted by atomic mass is 10.0. The number of rotatable bonds is 2. The maximum absolute atomic E-state index is 13.9. The molecule has 0 saturated carbocycles. The van der Waals surface area contributed by atoms with Crippen molar-refractivity contribution in [3.8, 4) is 17.2 Å². The summed E-state index contributed by atoms with van der Waals surface area (Å²) in [5.74, 6) is -0.356. The first-order valence-corrected chi connectivity index (χ1v) is 5.50. The maximum Gasteiger partial charge on any atom is 0.131 e. The summed E-state index contributed by atoms with van der Waals surface area (Å²) in [5.41, 5.74) is 1.79. The van der Waals surface area contributed by atoms with E-state index in [1.54, 1.807) is 30.3 Å². The fourth-order valence-corrected chi connectivity index (χ4v) is 1.90. The van der Waals surface area contributed by atoms with Gasteiger partial charge in [0.2, 0.25) is 0 Å². The summed E-state index contributed by atoms with van der Waals surface area (Å²) < 4.78 is 13.9. The molecule has 0 bridgehead atoms. The highest BCUT2D eigenvalue weighted by Gasteiger charge is 2.08. The van der Waals surface area contributed by atoms with Crippen LogP contribution in [-0.2, 0) is 6.42 Å². The Labute approximate surface area is 104 Å². The molecule has 2 aromatic rings. The summed E-state index contributed by atoms with van der Waals surface area (Å²) in [5, 5.41) is 9.06. The first kappa shape index (κ1) is 11.6. The topological polar surface area (TPSA) is 23.8 Å². The van der Waals surface area contributed by atoms with Crippen LogP contribution in [0, 0.1) is 17.1 Å². The molecular weight excluding hydrogens is 237 g/mol. The molecule has 2 rings (SSSR count). The molecule has 0 aromatic heterocycles. The molecule has 0 unspecified atom stereocenters. The van der Waals surface area contributed by atoms with Crippen molar-refractivity contribution in [2.24, 2.45) is 0 Å². The second kappa shape index (κ2) is 4.99. The van der Waals surface area contributed by atoms with Crippen LogP contribution < -0.4 is 0 Å². The molecule has 0 spiro atoms. The van der Waals surface area contributed by atoms with Gasteiger partial charge in [0.25, 0.3) is 0 Å². The molecule has 0 amide bonds. The monoisotopic (exact) mass is 245 g/mol. The van der Waals surface area contributed by atoms with Crippen molar-refractivity contribution in [1.29, 1.82) is 5.26 Å². The number of nitrogens with zero attached hydrogens (tertiary/aromatic N) is 1. The molecule has 84 valence electrons. The van der Waals surface area contributed by atoms with Crippen LogP contribution in [-0.4, -0.2) is 0 Å². The zero-order chi connectivity index (χ0) is 12.3. The van der Waals surface area contributed by atoms with Gasteiger partial charge in [0.05, 0.1) is 12.5 Å². The first-order valence-electron chi connectivity index (χ1n) is 5.12. The molecule has 0 aliphatic rings. The molecule has 0 saturated heterocycles. The summed E-state index contributed by atoms with van der Waals surface area (Å²) in [4.78, 5) is 0. The molecule has 17 heavy (non-hydrogen) atoms. The Hall–Kier alpha value is -1.85. The zero-order valence-electron chi connectivity index (χ0n) is 8.95. The van der Waals surface area contributed by atoms with Gasteiger partial charge in [-0.15, -0.1) is 0 Å². The second-order valence-corrected chi connectivity index (χ2v) is 4.04. The molecule has 0 heterocycles. The van der Waals surface area contributed by atoms with E-state index in [0.29, 0.717) is 21.7 Å². The van der Waals surface area contributed by atoms with Crippen molar-refractivity contribution >= 4 is 11.6 Å². The fraction of sp³-hybridized carbons (Fsp3) is 0.0714. The van der Waals surface area contributed by atoms with Crippen molar-refractivity contribution < 1.29 is 4.39 Å². The Morgan fingerprint density at radius 2 is 1.88 bits per heavy atom. The standard InChI is InChI=1S/C14H9ClFN/c15-13-4-2-1-3-11(13)12-6-5-10(7-8-17)9-14(12)16/h1-6,9H,7H2. The molecule has 2 aromatic carbocycles. The summed E-state index contributed by atoms with van der Waals surface area (Å²) in [6.07, 6.45) is 0.208. The van der Waals surface area contributed by atoms with Gasteiger partial charge in [-0.2, -0.15) is 5.26 Å². The number of benzene rings is 2. The van der Waals surface area contributed by atoms with Gasteiger partial charge in [0.15, 0.2) is 0 Å². The van der Waals surface area contributed by atoms with Crippen LogP contribution in [0.1, 0.15) is 5.56 Å². The Morgan fingerprint density at radius 3 is 2.53 bits per heavy atom. The number of hydrogen-bond donors (Lipinski definition) is 0. The third kappa shape index (κ3) is 2.46. The van der Waals surface area contributed by atoms with Crippen LogP contribution in [0.15, 0.2) is 42.5 Å². The van der Waals surface area contributed by atoms with E-state index in [2.05, 4.69) is 0 Å². The van der Waals surface area contributed by atoms with Crippen molar-refractivity contribution in [2.45, 2.75) is 6.42 Å². The van der Waals surface area contributed by atoms with Crippen LogP contribution in [0.4, 0.5) is 4.39 Å². The predicted octanol–water partition coefficient (Wildman–Crippen LogP) is 4.21. The molecule has 3 heteroatoms. The Kier molecular flexibility index (Phi) is 3.41. The molecule has 0 atom stereocenters. The molecule has 0 aliphatic heterocycles. The third-order valence-corrected chi connectivity index (χ3v) is 2.81. The van der Waals surface area contributed by atoms with E-state index in [1.165, 1.54) is 6.07 Å². The highest BCUT2D eigenvalue weighted by atomic mass is 35.5. The number of nitriles is 1. The van der Waals surface area contributed by atoms with E-state index >= 15 is 0 Å². The quantitative estimate of drug-likeness (QED) is 0.777. The predicted molar refractivity (Wildman–Crippen MR) is 66.2 cm³/mol. The molecule has 0 N–H and O–H groups in total. The summed E-state index contributed by atoms with van der Waals surface area (Å²) >= 11 is 6.01. The Morgan fingerprint density at radius 1 is 1.12 bits per heavy atom. The number of hydrogen-bond acceptors (Lipinski definition) is 1. The van der Waals surface area contributed by atoms with E-state index in [0.717, 1.165) is 0 Å². The lowest BCUT2D eigenvalue weighted by molar-refractivity contribution is 0.629. The van der Waals surface area contributed by atoms with Crippen molar-refractivity contribution in [1.82, 2.24) is 0 Å². The average Bonchev–Trinajstić information content (AvgIpc) is 2.31. The van der Waals surface area contributed by atoms with Gasteiger partial charge in [-0.3, -0.25) is 0 Å². The van der Waals surface area contributed by atoms with Gasteiger partial charge < -0.3 is 0 Å². The second-order valence-electron chi connectivity index (χ2n) is 3.63. The minimum absolute atomic E-state index is 0.208. The van der Waals surface area contributed by atoms with Crippen LogP contribution in [0.3, 0.4) is 0 Å². The largest absolute Gasteiger partial charge is 0.206 e. The minimum Gasteiger partial charge on any atom is -0.206 e. The zero-order valence-corrected chi connectivity index (χ0v) is 9.71. The lowest BCUT2D eigenvalue weighted by Gasteiger charge is -2.06.